The van der Waals surface area contributed by atoms with E-state index in [0.29, 0.717) is 31.7 Å². The Kier molecular flexibility index (Phi) is 6.20. The Morgan fingerprint density at radius 3 is 2.70 bits per heavy atom. The molecule has 0 spiro atoms. The number of carbonyl (C=O) groups is 2. The maximum absolute atomic E-state index is 12.0. The molecular weight excluding hydrogens is 292 g/mol. The molecule has 0 aliphatic carbocycles. The molecule has 1 N–H and O–H groups in total. The molecule has 5 heteroatoms. The summed E-state index contributed by atoms with van der Waals surface area (Å²) >= 11 is 0. The molecule has 5 nitrogen and oxygen atoms in total. The van der Waals surface area contributed by atoms with Gasteiger partial charge in [-0.15, -0.1) is 0 Å². The van der Waals surface area contributed by atoms with E-state index < -0.39 is 0 Å². The maximum atomic E-state index is 12.0. The molecule has 0 unspecified atom stereocenters. The monoisotopic (exact) mass is 316 g/mol. The molecule has 1 fully saturated rings. The van der Waals surface area contributed by atoms with Gasteiger partial charge in [-0.2, -0.15) is 0 Å². The fourth-order valence-electron chi connectivity index (χ4n) is 2.42. The SMILES string of the molecule is C=C(C)COc1ccc(C(=O)NCCCN2CCCC2=O)cc1. The molecule has 1 aromatic carbocycles. The second-order valence-corrected chi connectivity index (χ2v) is 5.86. The van der Waals surface area contributed by atoms with Crippen LogP contribution in [0.15, 0.2) is 36.4 Å². The van der Waals surface area contributed by atoms with Crippen molar-refractivity contribution in [1.82, 2.24) is 10.2 Å². The number of likely N-dealkylation sites (tertiary alicyclic amines) is 1. The largest absolute Gasteiger partial charge is 0.489 e. The number of hydrogen-bond donors (Lipinski definition) is 1. The predicted octanol–water partition coefficient (Wildman–Crippen LogP) is 2.38. The standard InChI is InChI=1S/C18H24N2O3/c1-14(2)13-23-16-8-6-15(7-9-16)18(22)19-10-4-12-20-11-3-5-17(20)21/h6-9H,1,3-5,10-13H2,2H3,(H,19,22). The molecule has 0 aromatic heterocycles. The second kappa shape index (κ2) is 8.36. The van der Waals surface area contributed by atoms with Gasteiger partial charge in [0, 0.05) is 31.6 Å². The zero-order chi connectivity index (χ0) is 16.7. The minimum atomic E-state index is -0.107. The molecule has 124 valence electrons. The highest BCUT2D eigenvalue weighted by molar-refractivity contribution is 5.94. The van der Waals surface area contributed by atoms with Gasteiger partial charge in [-0.05, 0) is 49.6 Å². The van der Waals surface area contributed by atoms with Gasteiger partial charge >= 0.3 is 0 Å². The summed E-state index contributed by atoms with van der Waals surface area (Å²) in [5, 5.41) is 2.88. The lowest BCUT2D eigenvalue weighted by Gasteiger charge is -2.15. The van der Waals surface area contributed by atoms with Crippen LogP contribution >= 0.6 is 0 Å². The van der Waals surface area contributed by atoms with Gasteiger partial charge in [0.05, 0.1) is 0 Å². The summed E-state index contributed by atoms with van der Waals surface area (Å²) in [6.45, 7) is 8.28. The fourth-order valence-corrected chi connectivity index (χ4v) is 2.42. The van der Waals surface area contributed by atoms with Gasteiger partial charge in [-0.25, -0.2) is 0 Å². The van der Waals surface area contributed by atoms with Crippen LogP contribution in [0.25, 0.3) is 0 Å². The quantitative estimate of drug-likeness (QED) is 0.592. The van der Waals surface area contributed by atoms with Crippen LogP contribution in [-0.2, 0) is 4.79 Å². The first-order valence-electron chi connectivity index (χ1n) is 7.99. The van der Waals surface area contributed by atoms with Crippen molar-refractivity contribution in [1.29, 1.82) is 0 Å². The number of amides is 2. The van der Waals surface area contributed by atoms with Gasteiger partial charge in [-0.1, -0.05) is 6.58 Å². The molecule has 1 heterocycles. The van der Waals surface area contributed by atoms with Crippen LogP contribution in [0, 0.1) is 0 Å². The molecule has 0 bridgehead atoms. The average molecular weight is 316 g/mol. The summed E-state index contributed by atoms with van der Waals surface area (Å²) in [5.41, 5.74) is 1.55. The van der Waals surface area contributed by atoms with Gasteiger partial charge in [0.15, 0.2) is 0 Å². The average Bonchev–Trinajstić information content (AvgIpc) is 2.95. The van der Waals surface area contributed by atoms with Gasteiger partial charge in [0.2, 0.25) is 5.91 Å². The number of carbonyl (C=O) groups excluding carboxylic acids is 2. The third-order valence-corrected chi connectivity index (χ3v) is 3.66. The minimum absolute atomic E-state index is 0.107. The third kappa shape index (κ3) is 5.43. The fraction of sp³-hybridized carbons (Fsp3) is 0.444. The molecule has 0 saturated carbocycles. The van der Waals surface area contributed by atoms with Crippen molar-refractivity contribution in [2.24, 2.45) is 0 Å². The van der Waals surface area contributed by atoms with Crippen LogP contribution in [-0.4, -0.2) is 43.0 Å². The zero-order valence-electron chi connectivity index (χ0n) is 13.6. The van der Waals surface area contributed by atoms with E-state index >= 15 is 0 Å². The van der Waals surface area contributed by atoms with E-state index in [1.54, 1.807) is 24.3 Å². The summed E-state index contributed by atoms with van der Waals surface area (Å²) in [5.74, 6) is 0.836. The first kappa shape index (κ1) is 17.1. The van der Waals surface area contributed by atoms with Crippen molar-refractivity contribution in [2.75, 3.05) is 26.2 Å². The Bertz CT molecular complexity index is 566. The van der Waals surface area contributed by atoms with Crippen LogP contribution in [0.2, 0.25) is 0 Å². The van der Waals surface area contributed by atoms with E-state index in [9.17, 15) is 9.59 Å². The summed E-state index contributed by atoms with van der Waals surface area (Å²) in [4.78, 5) is 25.4. The maximum Gasteiger partial charge on any atom is 0.251 e. The lowest BCUT2D eigenvalue weighted by atomic mass is 10.2. The Hall–Kier alpha value is -2.30. The van der Waals surface area contributed by atoms with E-state index in [-0.39, 0.29) is 11.8 Å². The van der Waals surface area contributed by atoms with E-state index in [0.717, 1.165) is 30.7 Å². The van der Waals surface area contributed by atoms with E-state index in [1.165, 1.54) is 0 Å². The van der Waals surface area contributed by atoms with Crippen molar-refractivity contribution >= 4 is 11.8 Å². The summed E-state index contributed by atoms with van der Waals surface area (Å²) < 4.78 is 5.50. The first-order valence-corrected chi connectivity index (χ1v) is 7.99. The van der Waals surface area contributed by atoms with Crippen molar-refractivity contribution in [3.63, 3.8) is 0 Å². The van der Waals surface area contributed by atoms with Crippen LogP contribution in [0.1, 0.15) is 36.5 Å². The lowest BCUT2D eigenvalue weighted by Crippen LogP contribution is -2.30. The molecule has 2 amide bonds. The van der Waals surface area contributed by atoms with Crippen LogP contribution < -0.4 is 10.1 Å². The summed E-state index contributed by atoms with van der Waals surface area (Å²) in [6.07, 6.45) is 2.38. The smallest absolute Gasteiger partial charge is 0.251 e. The van der Waals surface area contributed by atoms with Gasteiger partial charge in [0.1, 0.15) is 12.4 Å². The van der Waals surface area contributed by atoms with Gasteiger partial charge in [-0.3, -0.25) is 9.59 Å². The lowest BCUT2D eigenvalue weighted by molar-refractivity contribution is -0.127. The minimum Gasteiger partial charge on any atom is -0.489 e. The van der Waals surface area contributed by atoms with E-state index in [4.69, 9.17) is 4.74 Å². The van der Waals surface area contributed by atoms with Gasteiger partial charge < -0.3 is 15.0 Å². The highest BCUT2D eigenvalue weighted by Crippen LogP contribution is 2.13. The third-order valence-electron chi connectivity index (χ3n) is 3.66. The number of nitrogens with zero attached hydrogens (tertiary/aromatic N) is 1. The molecule has 0 radical (unpaired) electrons. The highest BCUT2D eigenvalue weighted by atomic mass is 16.5. The molecule has 1 aromatic rings. The van der Waals surface area contributed by atoms with E-state index in [2.05, 4.69) is 11.9 Å². The summed E-state index contributed by atoms with van der Waals surface area (Å²) in [7, 11) is 0. The van der Waals surface area contributed by atoms with Crippen LogP contribution in [0.3, 0.4) is 0 Å². The van der Waals surface area contributed by atoms with Crippen LogP contribution in [0.5, 0.6) is 5.75 Å². The molecule has 0 atom stereocenters. The second-order valence-electron chi connectivity index (χ2n) is 5.86. The molecule has 1 saturated heterocycles. The van der Waals surface area contributed by atoms with Crippen molar-refractivity contribution in [3.8, 4) is 5.75 Å². The number of hydrogen-bond acceptors (Lipinski definition) is 3. The first-order chi connectivity index (χ1) is 11.1. The Labute approximate surface area is 137 Å². The number of benzene rings is 1. The highest BCUT2D eigenvalue weighted by Gasteiger charge is 2.19. The van der Waals surface area contributed by atoms with Crippen molar-refractivity contribution < 1.29 is 14.3 Å². The number of nitrogens with one attached hydrogen (secondary N) is 1. The Morgan fingerprint density at radius 2 is 2.09 bits per heavy atom. The normalized spacial score (nSPS) is 14.0. The molecule has 23 heavy (non-hydrogen) atoms. The van der Waals surface area contributed by atoms with E-state index in [1.807, 2.05) is 11.8 Å². The van der Waals surface area contributed by atoms with Crippen LogP contribution in [0.4, 0.5) is 0 Å². The van der Waals surface area contributed by atoms with Gasteiger partial charge in [0.25, 0.3) is 5.91 Å². The predicted molar refractivity (Wildman–Crippen MR) is 89.5 cm³/mol. The summed E-state index contributed by atoms with van der Waals surface area (Å²) in [6, 6.07) is 7.04. The number of ether oxygens (including phenoxy) is 1. The Balaban J connectivity index is 1.70. The molecule has 1 aliphatic heterocycles. The Morgan fingerprint density at radius 1 is 1.35 bits per heavy atom. The molecule has 2 rings (SSSR count). The van der Waals surface area contributed by atoms with Crippen molar-refractivity contribution in [2.45, 2.75) is 26.2 Å². The molecular formula is C18H24N2O3. The number of rotatable bonds is 8. The molecule has 1 aliphatic rings. The topological polar surface area (TPSA) is 58.6 Å². The zero-order valence-corrected chi connectivity index (χ0v) is 13.6. The van der Waals surface area contributed by atoms with Crippen molar-refractivity contribution in [3.05, 3.63) is 42.0 Å².